The van der Waals surface area contributed by atoms with Gasteiger partial charge in [0.2, 0.25) is 5.91 Å². The molecule has 1 aliphatic heterocycles. The molecule has 92 valence electrons. The molecule has 0 aromatic heterocycles. The number of carboxylic acid groups (broad SMARTS) is 1. The number of hydrogen-bond donors (Lipinski definition) is 1. The van der Waals surface area contributed by atoms with Crippen LogP contribution in [-0.2, 0) is 9.59 Å². The third-order valence-corrected chi connectivity index (χ3v) is 4.11. The predicted molar refractivity (Wildman–Crippen MR) is 64.5 cm³/mol. The number of likely N-dealkylation sites (tertiary alicyclic amines) is 1. The summed E-state index contributed by atoms with van der Waals surface area (Å²) in [6.45, 7) is 4.49. The average Bonchev–Trinajstić information content (AvgIpc) is 2.60. The topological polar surface area (TPSA) is 57.6 Å². The fourth-order valence-corrected chi connectivity index (χ4v) is 2.78. The van der Waals surface area contributed by atoms with Crippen LogP contribution in [0.3, 0.4) is 0 Å². The number of thioether (sulfide) groups is 1. The number of carbonyl (C=O) groups excluding carboxylic acids is 1. The Morgan fingerprint density at radius 1 is 1.50 bits per heavy atom. The van der Waals surface area contributed by atoms with Crippen molar-refractivity contribution in [3.8, 4) is 0 Å². The summed E-state index contributed by atoms with van der Waals surface area (Å²) in [5.41, 5.74) is 0. The van der Waals surface area contributed by atoms with Crippen molar-refractivity contribution in [1.29, 1.82) is 0 Å². The van der Waals surface area contributed by atoms with E-state index >= 15 is 0 Å². The SMILES string of the molecule is CCCSCC(=O)N1CCC(C(=O)O)C1C. The summed E-state index contributed by atoms with van der Waals surface area (Å²) < 4.78 is 0. The Morgan fingerprint density at radius 3 is 2.69 bits per heavy atom. The molecule has 2 unspecified atom stereocenters. The number of carboxylic acids is 1. The normalized spacial score (nSPS) is 24.8. The molecule has 1 aliphatic rings. The van der Waals surface area contributed by atoms with Crippen LogP contribution in [0.15, 0.2) is 0 Å². The Bertz CT molecular complexity index is 270. The van der Waals surface area contributed by atoms with Crippen molar-refractivity contribution < 1.29 is 14.7 Å². The van der Waals surface area contributed by atoms with Crippen LogP contribution in [0.1, 0.15) is 26.7 Å². The van der Waals surface area contributed by atoms with Gasteiger partial charge in [-0.05, 0) is 25.5 Å². The third-order valence-electron chi connectivity index (χ3n) is 2.97. The first-order valence-corrected chi connectivity index (χ1v) is 6.83. The minimum atomic E-state index is -0.788. The van der Waals surface area contributed by atoms with Gasteiger partial charge in [-0.3, -0.25) is 9.59 Å². The van der Waals surface area contributed by atoms with Gasteiger partial charge in [0.1, 0.15) is 0 Å². The highest BCUT2D eigenvalue weighted by Gasteiger charge is 2.37. The molecule has 1 fully saturated rings. The van der Waals surface area contributed by atoms with Crippen LogP contribution >= 0.6 is 11.8 Å². The number of amides is 1. The zero-order valence-electron chi connectivity index (χ0n) is 9.81. The van der Waals surface area contributed by atoms with Gasteiger partial charge in [0, 0.05) is 12.6 Å². The van der Waals surface area contributed by atoms with Gasteiger partial charge in [-0.2, -0.15) is 11.8 Å². The average molecular weight is 245 g/mol. The van der Waals surface area contributed by atoms with E-state index in [0.717, 1.165) is 12.2 Å². The van der Waals surface area contributed by atoms with E-state index in [4.69, 9.17) is 5.11 Å². The van der Waals surface area contributed by atoms with Crippen LogP contribution in [0.4, 0.5) is 0 Å². The maximum atomic E-state index is 11.8. The Kier molecular flexibility index (Phi) is 5.12. The Morgan fingerprint density at radius 2 is 2.19 bits per heavy atom. The minimum Gasteiger partial charge on any atom is -0.481 e. The number of nitrogens with zero attached hydrogens (tertiary/aromatic N) is 1. The molecule has 2 atom stereocenters. The van der Waals surface area contributed by atoms with E-state index in [2.05, 4.69) is 6.92 Å². The lowest BCUT2D eigenvalue weighted by Gasteiger charge is -2.23. The van der Waals surface area contributed by atoms with Crippen molar-refractivity contribution in [3.63, 3.8) is 0 Å². The van der Waals surface area contributed by atoms with Crippen LogP contribution in [0, 0.1) is 5.92 Å². The zero-order chi connectivity index (χ0) is 12.1. The van der Waals surface area contributed by atoms with Gasteiger partial charge in [0.15, 0.2) is 0 Å². The first-order chi connectivity index (χ1) is 7.57. The molecule has 5 heteroatoms. The number of carbonyl (C=O) groups is 2. The fourth-order valence-electron chi connectivity index (χ4n) is 2.01. The molecule has 1 rings (SSSR count). The number of hydrogen-bond acceptors (Lipinski definition) is 3. The van der Waals surface area contributed by atoms with Crippen LogP contribution in [0.25, 0.3) is 0 Å². The van der Waals surface area contributed by atoms with Crippen LogP contribution in [0.5, 0.6) is 0 Å². The molecule has 0 saturated carbocycles. The standard InChI is InChI=1S/C11H19NO3S/c1-3-6-16-7-10(13)12-5-4-9(8(12)2)11(14)15/h8-9H,3-7H2,1-2H3,(H,14,15). The summed E-state index contributed by atoms with van der Waals surface area (Å²) in [4.78, 5) is 24.4. The van der Waals surface area contributed by atoms with E-state index in [1.165, 1.54) is 0 Å². The first kappa shape index (κ1) is 13.4. The lowest BCUT2D eigenvalue weighted by Crippen LogP contribution is -2.38. The second-order valence-corrected chi connectivity index (χ2v) is 5.22. The molecule has 0 bridgehead atoms. The van der Waals surface area contributed by atoms with Gasteiger partial charge in [0.05, 0.1) is 11.7 Å². The first-order valence-electron chi connectivity index (χ1n) is 5.68. The fraction of sp³-hybridized carbons (Fsp3) is 0.818. The second-order valence-electron chi connectivity index (χ2n) is 4.11. The Hall–Kier alpha value is -0.710. The third kappa shape index (κ3) is 3.14. The molecule has 0 aromatic carbocycles. The summed E-state index contributed by atoms with van der Waals surface area (Å²) in [6, 6.07) is -0.160. The summed E-state index contributed by atoms with van der Waals surface area (Å²) in [5.74, 6) is 0.361. The molecule has 16 heavy (non-hydrogen) atoms. The van der Waals surface area contributed by atoms with Gasteiger partial charge in [0.25, 0.3) is 0 Å². The van der Waals surface area contributed by atoms with Gasteiger partial charge < -0.3 is 10.0 Å². The van der Waals surface area contributed by atoms with Gasteiger partial charge >= 0.3 is 5.97 Å². The largest absolute Gasteiger partial charge is 0.481 e. The summed E-state index contributed by atoms with van der Waals surface area (Å²) >= 11 is 1.62. The Labute approximate surface area is 100 Å². The second kappa shape index (κ2) is 6.13. The molecule has 1 heterocycles. The van der Waals surface area contributed by atoms with Crippen molar-refractivity contribution in [2.75, 3.05) is 18.1 Å². The molecule has 4 nitrogen and oxygen atoms in total. The lowest BCUT2D eigenvalue weighted by atomic mass is 10.0. The minimum absolute atomic E-state index is 0.0784. The van der Waals surface area contributed by atoms with Crippen molar-refractivity contribution in [2.24, 2.45) is 5.92 Å². The van der Waals surface area contributed by atoms with E-state index in [1.807, 2.05) is 6.92 Å². The molecule has 0 radical (unpaired) electrons. The molecule has 0 aromatic rings. The van der Waals surface area contributed by atoms with E-state index in [9.17, 15) is 9.59 Å². The van der Waals surface area contributed by atoms with E-state index in [0.29, 0.717) is 18.7 Å². The van der Waals surface area contributed by atoms with Crippen molar-refractivity contribution in [3.05, 3.63) is 0 Å². The summed E-state index contributed by atoms with van der Waals surface area (Å²) in [6.07, 6.45) is 1.64. The monoisotopic (exact) mass is 245 g/mol. The molecule has 1 amide bonds. The summed E-state index contributed by atoms with van der Waals surface area (Å²) in [5, 5.41) is 8.95. The maximum absolute atomic E-state index is 11.8. The molecular weight excluding hydrogens is 226 g/mol. The van der Waals surface area contributed by atoms with E-state index in [1.54, 1.807) is 16.7 Å². The lowest BCUT2D eigenvalue weighted by molar-refractivity contribution is -0.142. The molecular formula is C11H19NO3S. The van der Waals surface area contributed by atoms with Gasteiger partial charge in [-0.15, -0.1) is 0 Å². The predicted octanol–water partition coefficient (Wildman–Crippen LogP) is 1.45. The van der Waals surface area contributed by atoms with Crippen molar-refractivity contribution in [1.82, 2.24) is 4.90 Å². The van der Waals surface area contributed by atoms with E-state index < -0.39 is 5.97 Å². The highest BCUT2D eigenvalue weighted by atomic mass is 32.2. The van der Waals surface area contributed by atoms with Crippen LogP contribution in [-0.4, -0.2) is 46.0 Å². The van der Waals surface area contributed by atoms with Crippen molar-refractivity contribution >= 4 is 23.6 Å². The maximum Gasteiger partial charge on any atom is 0.308 e. The molecule has 1 saturated heterocycles. The zero-order valence-corrected chi connectivity index (χ0v) is 10.6. The number of rotatable bonds is 5. The smallest absolute Gasteiger partial charge is 0.308 e. The van der Waals surface area contributed by atoms with Crippen LogP contribution in [0.2, 0.25) is 0 Å². The van der Waals surface area contributed by atoms with Gasteiger partial charge in [-0.1, -0.05) is 6.92 Å². The quantitative estimate of drug-likeness (QED) is 0.745. The number of aliphatic carboxylic acids is 1. The highest BCUT2D eigenvalue weighted by Crippen LogP contribution is 2.25. The molecule has 0 spiro atoms. The molecule has 0 aliphatic carbocycles. The molecule has 1 N–H and O–H groups in total. The van der Waals surface area contributed by atoms with Gasteiger partial charge in [-0.25, -0.2) is 0 Å². The van der Waals surface area contributed by atoms with Crippen molar-refractivity contribution in [2.45, 2.75) is 32.7 Å². The summed E-state index contributed by atoms with van der Waals surface area (Å²) in [7, 11) is 0. The Balaban J connectivity index is 2.43. The van der Waals surface area contributed by atoms with E-state index in [-0.39, 0.29) is 17.9 Å². The van der Waals surface area contributed by atoms with Crippen LogP contribution < -0.4 is 0 Å². The highest BCUT2D eigenvalue weighted by molar-refractivity contribution is 7.99.